The first-order valence-corrected chi connectivity index (χ1v) is 5.70. The van der Waals surface area contributed by atoms with Gasteiger partial charge in [-0.15, -0.1) is 0 Å². The maximum absolute atomic E-state index is 10.7. The molecule has 1 unspecified atom stereocenters. The molecule has 1 aromatic carbocycles. The van der Waals surface area contributed by atoms with Crippen molar-refractivity contribution >= 4 is 5.97 Å². The summed E-state index contributed by atoms with van der Waals surface area (Å²) in [6.45, 7) is 0. The molecule has 0 amide bonds. The molecule has 0 saturated carbocycles. The number of hydrogen-bond donors (Lipinski definition) is 2. The van der Waals surface area contributed by atoms with Crippen LogP contribution in [0.3, 0.4) is 0 Å². The van der Waals surface area contributed by atoms with Gasteiger partial charge in [0.1, 0.15) is 11.5 Å². The fourth-order valence-electron chi connectivity index (χ4n) is 1.77. The Balaban J connectivity index is 2.84. The molecule has 100 valence electrons. The van der Waals surface area contributed by atoms with Crippen molar-refractivity contribution in [2.24, 2.45) is 0 Å². The molecule has 0 aliphatic carbocycles. The molecule has 0 heterocycles. The smallest absolute Gasteiger partial charge is 0.304 e. The van der Waals surface area contributed by atoms with E-state index in [1.807, 2.05) is 12.1 Å². The van der Waals surface area contributed by atoms with Crippen LogP contribution in [0.1, 0.15) is 12.0 Å². The molecule has 0 saturated heterocycles. The van der Waals surface area contributed by atoms with Gasteiger partial charge in [0.25, 0.3) is 0 Å². The van der Waals surface area contributed by atoms with E-state index in [9.17, 15) is 4.79 Å². The summed E-state index contributed by atoms with van der Waals surface area (Å²) in [5.74, 6) is 0.608. The molecule has 5 nitrogen and oxygen atoms in total. The first-order chi connectivity index (χ1) is 8.60. The zero-order valence-electron chi connectivity index (χ0n) is 10.9. The summed E-state index contributed by atoms with van der Waals surface area (Å²) in [5.41, 5.74) is 0.957. The third kappa shape index (κ3) is 3.92. The number of methoxy groups -OCH3 is 2. The summed E-state index contributed by atoms with van der Waals surface area (Å²) in [4.78, 5) is 10.7. The number of benzene rings is 1. The molecule has 5 heteroatoms. The van der Waals surface area contributed by atoms with Crippen LogP contribution in [0.4, 0.5) is 0 Å². The second-order valence-electron chi connectivity index (χ2n) is 3.97. The predicted molar refractivity (Wildman–Crippen MR) is 68.4 cm³/mol. The zero-order valence-corrected chi connectivity index (χ0v) is 10.9. The van der Waals surface area contributed by atoms with Gasteiger partial charge < -0.3 is 19.9 Å². The van der Waals surface area contributed by atoms with Gasteiger partial charge in [0.15, 0.2) is 0 Å². The molecule has 1 atom stereocenters. The van der Waals surface area contributed by atoms with Crippen molar-refractivity contribution in [2.75, 3.05) is 21.3 Å². The number of aliphatic carboxylic acids is 1. The fourth-order valence-corrected chi connectivity index (χ4v) is 1.77. The lowest BCUT2D eigenvalue weighted by atomic mass is 10.0. The second kappa shape index (κ2) is 6.86. The SMILES string of the molecule is CNC(CC(=O)O)Cc1ccc(OC)cc1OC. The van der Waals surface area contributed by atoms with E-state index >= 15 is 0 Å². The van der Waals surface area contributed by atoms with Gasteiger partial charge in [-0.1, -0.05) is 6.07 Å². The number of rotatable bonds is 7. The molecule has 0 bridgehead atoms. The number of carboxylic acids is 1. The van der Waals surface area contributed by atoms with Crippen LogP contribution in [0.15, 0.2) is 18.2 Å². The van der Waals surface area contributed by atoms with E-state index in [0.717, 1.165) is 11.3 Å². The van der Waals surface area contributed by atoms with Crippen LogP contribution in [-0.2, 0) is 11.2 Å². The van der Waals surface area contributed by atoms with Gasteiger partial charge in [-0.25, -0.2) is 0 Å². The van der Waals surface area contributed by atoms with Crippen LogP contribution < -0.4 is 14.8 Å². The van der Waals surface area contributed by atoms with Crippen LogP contribution >= 0.6 is 0 Å². The van der Waals surface area contributed by atoms with Crippen molar-refractivity contribution in [1.82, 2.24) is 5.32 Å². The molecule has 0 radical (unpaired) electrons. The molecular weight excluding hydrogens is 234 g/mol. The Kier molecular flexibility index (Phi) is 5.45. The van der Waals surface area contributed by atoms with Gasteiger partial charge in [0.05, 0.1) is 20.6 Å². The van der Waals surface area contributed by atoms with Crippen LogP contribution in [0.5, 0.6) is 11.5 Å². The average molecular weight is 253 g/mol. The van der Waals surface area contributed by atoms with Crippen LogP contribution in [0, 0.1) is 0 Å². The number of carboxylic acid groups (broad SMARTS) is 1. The fraction of sp³-hybridized carbons (Fsp3) is 0.462. The first-order valence-electron chi connectivity index (χ1n) is 5.70. The number of likely N-dealkylation sites (N-methyl/N-ethyl adjacent to an activating group) is 1. The van der Waals surface area contributed by atoms with Gasteiger partial charge in [-0.05, 0) is 25.1 Å². The van der Waals surface area contributed by atoms with E-state index in [4.69, 9.17) is 14.6 Å². The van der Waals surface area contributed by atoms with Crippen LogP contribution in [0.2, 0.25) is 0 Å². The highest BCUT2D eigenvalue weighted by Gasteiger charge is 2.14. The lowest BCUT2D eigenvalue weighted by Gasteiger charge is -2.16. The van der Waals surface area contributed by atoms with Crippen molar-refractivity contribution in [3.05, 3.63) is 23.8 Å². The van der Waals surface area contributed by atoms with Gasteiger partial charge in [-0.3, -0.25) is 4.79 Å². The normalized spacial score (nSPS) is 11.9. The second-order valence-corrected chi connectivity index (χ2v) is 3.97. The topological polar surface area (TPSA) is 67.8 Å². The van der Waals surface area contributed by atoms with Gasteiger partial charge in [0, 0.05) is 12.1 Å². The van der Waals surface area contributed by atoms with Crippen molar-refractivity contribution in [3.63, 3.8) is 0 Å². The monoisotopic (exact) mass is 253 g/mol. The Morgan fingerprint density at radius 2 is 2.11 bits per heavy atom. The van der Waals surface area contributed by atoms with E-state index in [1.165, 1.54) is 0 Å². The highest BCUT2D eigenvalue weighted by molar-refractivity contribution is 5.67. The quantitative estimate of drug-likeness (QED) is 0.767. The molecule has 0 aromatic heterocycles. The largest absolute Gasteiger partial charge is 0.497 e. The number of nitrogens with one attached hydrogen (secondary N) is 1. The third-order valence-corrected chi connectivity index (χ3v) is 2.79. The summed E-state index contributed by atoms with van der Waals surface area (Å²) < 4.78 is 10.4. The van der Waals surface area contributed by atoms with E-state index in [1.54, 1.807) is 27.3 Å². The molecule has 2 N–H and O–H groups in total. The summed E-state index contributed by atoms with van der Waals surface area (Å²) in [7, 11) is 4.93. The number of hydrogen-bond acceptors (Lipinski definition) is 4. The van der Waals surface area contributed by atoms with Crippen LogP contribution in [0.25, 0.3) is 0 Å². The van der Waals surface area contributed by atoms with Crippen molar-refractivity contribution in [1.29, 1.82) is 0 Å². The van der Waals surface area contributed by atoms with E-state index in [0.29, 0.717) is 12.2 Å². The maximum Gasteiger partial charge on any atom is 0.304 e. The molecular formula is C13H19NO4. The van der Waals surface area contributed by atoms with Crippen LogP contribution in [-0.4, -0.2) is 38.4 Å². The highest BCUT2D eigenvalue weighted by atomic mass is 16.5. The van der Waals surface area contributed by atoms with E-state index in [2.05, 4.69) is 5.32 Å². The lowest BCUT2D eigenvalue weighted by molar-refractivity contribution is -0.137. The molecule has 0 aliphatic rings. The minimum Gasteiger partial charge on any atom is -0.497 e. The third-order valence-electron chi connectivity index (χ3n) is 2.79. The molecule has 0 fully saturated rings. The van der Waals surface area contributed by atoms with E-state index in [-0.39, 0.29) is 12.5 Å². The van der Waals surface area contributed by atoms with Gasteiger partial charge in [0.2, 0.25) is 0 Å². The zero-order chi connectivity index (χ0) is 13.5. The van der Waals surface area contributed by atoms with E-state index < -0.39 is 5.97 Å². The average Bonchev–Trinajstić information content (AvgIpc) is 2.37. The lowest BCUT2D eigenvalue weighted by Crippen LogP contribution is -2.30. The molecule has 1 aromatic rings. The maximum atomic E-state index is 10.7. The minimum atomic E-state index is -0.818. The van der Waals surface area contributed by atoms with Crippen molar-refractivity contribution in [3.8, 4) is 11.5 Å². The first kappa shape index (κ1) is 14.3. The summed E-state index contributed by atoms with van der Waals surface area (Å²) >= 11 is 0. The molecule has 0 aliphatic heterocycles. The van der Waals surface area contributed by atoms with Gasteiger partial charge in [-0.2, -0.15) is 0 Å². The minimum absolute atomic E-state index is 0.0751. The molecule has 0 spiro atoms. The number of ether oxygens (including phenoxy) is 2. The van der Waals surface area contributed by atoms with Gasteiger partial charge >= 0.3 is 5.97 Å². The van der Waals surface area contributed by atoms with Crippen molar-refractivity contribution < 1.29 is 19.4 Å². The summed E-state index contributed by atoms with van der Waals surface area (Å²) in [6, 6.07) is 5.41. The Morgan fingerprint density at radius 3 is 2.61 bits per heavy atom. The Morgan fingerprint density at radius 1 is 1.39 bits per heavy atom. The van der Waals surface area contributed by atoms with Crippen molar-refractivity contribution in [2.45, 2.75) is 18.9 Å². The molecule has 18 heavy (non-hydrogen) atoms. The standard InChI is InChI=1S/C13H19NO4/c1-14-10(7-13(15)16)6-9-4-5-11(17-2)8-12(9)18-3/h4-5,8,10,14H,6-7H2,1-3H3,(H,15,16). The Hall–Kier alpha value is -1.75. The summed E-state index contributed by atoms with van der Waals surface area (Å²) in [6.07, 6.45) is 0.668. The highest BCUT2D eigenvalue weighted by Crippen LogP contribution is 2.25. The summed E-state index contributed by atoms with van der Waals surface area (Å²) in [5, 5.41) is 11.8. The Labute approximate surface area is 107 Å². The number of carbonyl (C=O) groups is 1. The predicted octanol–water partition coefficient (Wildman–Crippen LogP) is 1.31. The Bertz CT molecular complexity index is 406. The molecule has 1 rings (SSSR count).